The molecule has 4 aromatic rings. The van der Waals surface area contributed by atoms with E-state index in [-0.39, 0.29) is 12.1 Å². The van der Waals surface area contributed by atoms with Gasteiger partial charge in [-0.15, -0.1) is 0 Å². The fourth-order valence-electron chi connectivity index (χ4n) is 5.30. The Balaban J connectivity index is 1.54. The van der Waals surface area contributed by atoms with Gasteiger partial charge in [-0.05, 0) is 80.3 Å². The number of fused-ring (bicyclic) bond motifs is 1. The van der Waals surface area contributed by atoms with Gasteiger partial charge < -0.3 is 19.1 Å². The minimum absolute atomic E-state index is 0.262. The molecule has 8 heteroatoms. The molecular weight excluding hydrogens is 606 g/mol. The van der Waals surface area contributed by atoms with Gasteiger partial charge in [0.1, 0.15) is 17.5 Å². The molecule has 1 aromatic heterocycles. The van der Waals surface area contributed by atoms with E-state index >= 15 is 0 Å². The lowest BCUT2D eigenvalue weighted by Crippen LogP contribution is -2.54. The zero-order valence-electron chi connectivity index (χ0n) is 25.1. The Morgan fingerprint density at radius 2 is 1.74 bits per heavy atom. The average Bonchev–Trinajstić information content (AvgIpc) is 2.99. The molecule has 0 radical (unpaired) electrons. The highest BCUT2D eigenvalue weighted by Gasteiger charge is 2.41. The molecule has 0 fully saturated rings. The lowest BCUT2D eigenvalue weighted by molar-refractivity contribution is 0.0312. The summed E-state index contributed by atoms with van der Waals surface area (Å²) < 4.78 is 19.1. The molecule has 0 saturated heterocycles. The Labute approximate surface area is 262 Å². The van der Waals surface area contributed by atoms with Crippen molar-refractivity contribution >= 4 is 33.5 Å². The molecule has 0 unspecified atom stereocenters. The number of anilines is 2. The number of benzene rings is 3. The molecule has 2 atom stereocenters. The third-order valence-corrected chi connectivity index (χ3v) is 7.77. The minimum Gasteiger partial charge on any atom is -0.497 e. The summed E-state index contributed by atoms with van der Waals surface area (Å²) in [6, 6.07) is 30.0. The molecule has 0 aliphatic carbocycles. The minimum atomic E-state index is -0.644. The number of nitrogens with zero attached hydrogens (tertiary/aromatic N) is 3. The number of ether oxygens (including phenoxy) is 3. The molecule has 5 rings (SSSR count). The number of halogens is 1. The van der Waals surface area contributed by atoms with E-state index in [2.05, 4.69) is 57.2 Å². The third kappa shape index (κ3) is 7.75. The van der Waals surface area contributed by atoms with Gasteiger partial charge in [-0.3, -0.25) is 4.90 Å². The van der Waals surface area contributed by atoms with E-state index in [1.807, 2.05) is 75.4 Å². The Bertz CT molecular complexity index is 1510. The lowest BCUT2D eigenvalue weighted by atomic mass is 9.96. The van der Waals surface area contributed by atoms with E-state index in [0.29, 0.717) is 31.2 Å². The van der Waals surface area contributed by atoms with Crippen LogP contribution < -0.4 is 14.5 Å². The number of carbonyl (C=O) groups is 1. The van der Waals surface area contributed by atoms with E-state index in [4.69, 9.17) is 19.2 Å². The summed E-state index contributed by atoms with van der Waals surface area (Å²) in [6.45, 7) is 7.07. The maximum atomic E-state index is 13.6. The number of pyridine rings is 1. The first-order valence-electron chi connectivity index (χ1n) is 14.5. The van der Waals surface area contributed by atoms with Crippen molar-refractivity contribution < 1.29 is 19.0 Å². The zero-order chi connectivity index (χ0) is 30.4. The second-order valence-electron chi connectivity index (χ2n) is 11.6. The van der Waals surface area contributed by atoms with E-state index in [0.717, 1.165) is 27.8 Å². The van der Waals surface area contributed by atoms with Crippen molar-refractivity contribution in [3.8, 4) is 5.75 Å². The van der Waals surface area contributed by atoms with Gasteiger partial charge in [-0.2, -0.15) is 0 Å². The van der Waals surface area contributed by atoms with Crippen molar-refractivity contribution in [1.82, 2.24) is 4.98 Å². The lowest BCUT2D eigenvalue weighted by Gasteiger charge is -2.45. The topological polar surface area (TPSA) is 64.1 Å². The van der Waals surface area contributed by atoms with Crippen LogP contribution >= 0.6 is 15.9 Å². The monoisotopic (exact) mass is 643 g/mol. The number of methoxy groups -OCH3 is 1. The van der Waals surface area contributed by atoms with Gasteiger partial charge in [-0.1, -0.05) is 70.5 Å². The van der Waals surface area contributed by atoms with Crippen molar-refractivity contribution in [1.29, 1.82) is 0 Å². The summed E-state index contributed by atoms with van der Waals surface area (Å²) >= 11 is 3.58. The smallest absolute Gasteiger partial charge is 0.415 e. The first-order chi connectivity index (χ1) is 20.7. The first kappa shape index (κ1) is 30.6. The van der Waals surface area contributed by atoms with Crippen molar-refractivity contribution in [2.45, 2.75) is 51.5 Å². The van der Waals surface area contributed by atoms with Crippen LogP contribution in [0, 0.1) is 0 Å². The summed E-state index contributed by atoms with van der Waals surface area (Å²) in [5.41, 5.74) is 3.37. The largest absolute Gasteiger partial charge is 0.497 e. The summed E-state index contributed by atoms with van der Waals surface area (Å²) in [5.74, 6) is 1.50. The summed E-state index contributed by atoms with van der Waals surface area (Å²) in [7, 11) is 1.66. The molecule has 0 saturated carbocycles. The molecular formula is C35H38BrN3O4. The SMILES string of the molecule is COc1ccc(CN2c3ncccc3N(C(=O)OC(C)(C)C)C[C@@H]2[C@H](OCCc2cccc(Br)c2)c2ccccc2)cc1. The van der Waals surface area contributed by atoms with Gasteiger partial charge in [0.15, 0.2) is 5.82 Å². The van der Waals surface area contributed by atoms with Gasteiger partial charge in [0.25, 0.3) is 0 Å². The molecule has 1 aliphatic rings. The highest BCUT2D eigenvalue weighted by atomic mass is 79.9. The van der Waals surface area contributed by atoms with E-state index < -0.39 is 11.7 Å². The molecule has 224 valence electrons. The van der Waals surface area contributed by atoms with Gasteiger partial charge in [-0.25, -0.2) is 9.78 Å². The molecule has 43 heavy (non-hydrogen) atoms. The zero-order valence-corrected chi connectivity index (χ0v) is 26.7. The number of aromatic nitrogens is 1. The fraction of sp³-hybridized carbons (Fsp3) is 0.314. The maximum Gasteiger partial charge on any atom is 0.415 e. The number of carbonyl (C=O) groups excluding carboxylic acids is 1. The number of hydrogen-bond donors (Lipinski definition) is 0. The molecule has 0 N–H and O–H groups in total. The van der Waals surface area contributed by atoms with Crippen molar-refractivity contribution in [2.24, 2.45) is 0 Å². The van der Waals surface area contributed by atoms with Crippen molar-refractivity contribution in [2.75, 3.05) is 30.1 Å². The normalized spacial score (nSPS) is 15.5. The molecule has 0 bridgehead atoms. The predicted octanol–water partition coefficient (Wildman–Crippen LogP) is 7.98. The summed E-state index contributed by atoms with van der Waals surface area (Å²) in [6.07, 6.45) is 1.75. The van der Waals surface area contributed by atoms with Crippen LogP contribution in [-0.4, -0.2) is 43.0 Å². The van der Waals surface area contributed by atoms with Crippen LogP contribution in [0.4, 0.5) is 16.3 Å². The molecule has 1 amide bonds. The van der Waals surface area contributed by atoms with Crippen LogP contribution in [0.2, 0.25) is 0 Å². The Morgan fingerprint density at radius 1 is 0.977 bits per heavy atom. The second-order valence-corrected chi connectivity index (χ2v) is 12.5. The van der Waals surface area contributed by atoms with Crippen LogP contribution in [0.5, 0.6) is 5.75 Å². The molecule has 0 spiro atoms. The van der Waals surface area contributed by atoms with Crippen LogP contribution in [0.25, 0.3) is 0 Å². The van der Waals surface area contributed by atoms with Crippen molar-refractivity contribution in [3.05, 3.63) is 118 Å². The molecule has 2 heterocycles. The van der Waals surface area contributed by atoms with Crippen LogP contribution in [0.15, 0.2) is 102 Å². The standard InChI is InChI=1S/C35H38BrN3O4/c1-35(2,3)43-34(40)39-24-31(32(27-11-6-5-7-12-27)42-21-19-25-10-8-13-28(36)22-25)38(33-30(39)14-9-20-37-33)23-26-15-17-29(41-4)18-16-26/h5-18,20,22,31-32H,19,21,23-24H2,1-4H3/t31-,32-/m1/s1. The van der Waals surface area contributed by atoms with Gasteiger partial charge in [0.2, 0.25) is 0 Å². The number of rotatable bonds is 9. The highest BCUT2D eigenvalue weighted by molar-refractivity contribution is 9.10. The number of hydrogen-bond acceptors (Lipinski definition) is 6. The van der Waals surface area contributed by atoms with E-state index in [1.165, 1.54) is 5.56 Å². The van der Waals surface area contributed by atoms with Crippen LogP contribution in [-0.2, 0) is 22.4 Å². The van der Waals surface area contributed by atoms with Gasteiger partial charge in [0, 0.05) is 17.2 Å². The predicted molar refractivity (Wildman–Crippen MR) is 174 cm³/mol. The molecule has 1 aliphatic heterocycles. The quantitative estimate of drug-likeness (QED) is 0.184. The Hall–Kier alpha value is -3.88. The summed E-state index contributed by atoms with van der Waals surface area (Å²) in [4.78, 5) is 22.4. The van der Waals surface area contributed by atoms with E-state index in [1.54, 1.807) is 18.2 Å². The van der Waals surface area contributed by atoms with E-state index in [9.17, 15) is 4.79 Å². The average molecular weight is 645 g/mol. The second kappa shape index (κ2) is 13.6. The number of amides is 1. The van der Waals surface area contributed by atoms with Crippen molar-refractivity contribution in [3.63, 3.8) is 0 Å². The first-order valence-corrected chi connectivity index (χ1v) is 15.3. The molecule has 7 nitrogen and oxygen atoms in total. The Morgan fingerprint density at radius 3 is 2.44 bits per heavy atom. The van der Waals surface area contributed by atoms with Crippen LogP contribution in [0.3, 0.4) is 0 Å². The maximum absolute atomic E-state index is 13.6. The van der Waals surface area contributed by atoms with Crippen LogP contribution in [0.1, 0.15) is 43.6 Å². The van der Waals surface area contributed by atoms with Gasteiger partial charge in [0.05, 0.1) is 32.0 Å². The van der Waals surface area contributed by atoms with Gasteiger partial charge >= 0.3 is 6.09 Å². The Kier molecular flexibility index (Phi) is 9.68. The fourth-order valence-corrected chi connectivity index (χ4v) is 5.75. The summed E-state index contributed by atoms with van der Waals surface area (Å²) in [5, 5.41) is 0. The molecule has 3 aromatic carbocycles. The highest BCUT2D eigenvalue weighted by Crippen LogP contribution is 2.40. The third-order valence-electron chi connectivity index (χ3n) is 7.28.